The first-order valence-corrected chi connectivity index (χ1v) is 8.23. The number of anilines is 1. The van der Waals surface area contributed by atoms with E-state index in [9.17, 15) is 4.79 Å². The Morgan fingerprint density at radius 3 is 2.92 bits per heavy atom. The minimum atomic E-state index is -0.258. The summed E-state index contributed by atoms with van der Waals surface area (Å²) in [5, 5.41) is 3.42. The molecule has 0 bridgehead atoms. The van der Waals surface area contributed by atoms with Gasteiger partial charge < -0.3 is 10.2 Å². The van der Waals surface area contributed by atoms with Gasteiger partial charge in [-0.2, -0.15) is 0 Å². The van der Waals surface area contributed by atoms with Crippen LogP contribution in [0.15, 0.2) is 36.5 Å². The molecule has 0 spiro atoms. The summed E-state index contributed by atoms with van der Waals surface area (Å²) in [6, 6.07) is 9.14. The number of hydrogen-bond donors (Lipinski definition) is 1. The third kappa shape index (κ3) is 3.23. The van der Waals surface area contributed by atoms with E-state index in [4.69, 9.17) is 5.73 Å². The highest BCUT2D eigenvalue weighted by Gasteiger charge is 2.26. The molecule has 6 heteroatoms. The predicted octanol–water partition coefficient (Wildman–Crippen LogP) is 2.06. The van der Waals surface area contributed by atoms with Crippen molar-refractivity contribution < 1.29 is 4.79 Å². The summed E-state index contributed by atoms with van der Waals surface area (Å²) in [6.45, 7) is 7.08. The van der Waals surface area contributed by atoms with Crippen LogP contribution in [-0.2, 0) is 0 Å². The molecule has 2 aromatic heterocycles. The number of nitrogens with one attached hydrogen (secondary N) is 2. The Morgan fingerprint density at radius 1 is 1.33 bits per heavy atom. The highest BCUT2D eigenvalue weighted by Crippen LogP contribution is 2.22. The maximum absolute atomic E-state index is 12.7. The van der Waals surface area contributed by atoms with Crippen molar-refractivity contribution in [2.24, 2.45) is 5.92 Å². The van der Waals surface area contributed by atoms with Gasteiger partial charge in [-0.3, -0.25) is 10.5 Å². The van der Waals surface area contributed by atoms with E-state index in [2.05, 4.69) is 34.0 Å². The molecule has 0 amide bonds. The van der Waals surface area contributed by atoms with E-state index in [1.54, 1.807) is 18.2 Å². The summed E-state index contributed by atoms with van der Waals surface area (Å²) in [5.74, 6) is 1.02. The Hall–Kier alpha value is -2.47. The zero-order valence-corrected chi connectivity index (χ0v) is 14.0. The predicted molar refractivity (Wildman–Crippen MR) is 93.5 cm³/mol. The molecular formula is C18H22N5O. The third-order valence-electron chi connectivity index (χ3n) is 4.37. The molecule has 3 rings (SSSR count). The van der Waals surface area contributed by atoms with Crippen LogP contribution in [-0.4, -0.2) is 41.4 Å². The average Bonchev–Trinajstić information content (AvgIpc) is 2.61. The molecule has 1 aliphatic heterocycles. The van der Waals surface area contributed by atoms with Crippen LogP contribution in [0.5, 0.6) is 0 Å². The number of carbonyl (C=O) groups excluding carboxylic acids is 1. The maximum atomic E-state index is 12.7. The first kappa shape index (κ1) is 16.4. The van der Waals surface area contributed by atoms with Crippen molar-refractivity contribution in [2.45, 2.75) is 19.9 Å². The number of pyridine rings is 2. The monoisotopic (exact) mass is 324 g/mol. The van der Waals surface area contributed by atoms with Crippen LogP contribution in [0.2, 0.25) is 0 Å². The van der Waals surface area contributed by atoms with Gasteiger partial charge in [-0.15, -0.1) is 0 Å². The van der Waals surface area contributed by atoms with Crippen molar-refractivity contribution in [3.63, 3.8) is 0 Å². The fraction of sp³-hybridized carbons (Fsp3) is 0.389. The molecule has 2 N–H and O–H groups in total. The molecular weight excluding hydrogens is 302 g/mol. The van der Waals surface area contributed by atoms with Crippen LogP contribution in [0.3, 0.4) is 0 Å². The number of carbonyl (C=O) groups is 1. The first-order chi connectivity index (χ1) is 11.6. The molecule has 0 unspecified atom stereocenters. The summed E-state index contributed by atoms with van der Waals surface area (Å²) < 4.78 is 0. The summed E-state index contributed by atoms with van der Waals surface area (Å²) >= 11 is 0. The number of rotatable bonds is 4. The smallest absolute Gasteiger partial charge is 0.215 e. The summed E-state index contributed by atoms with van der Waals surface area (Å²) in [5.41, 5.74) is 8.45. The van der Waals surface area contributed by atoms with Gasteiger partial charge in [0.25, 0.3) is 0 Å². The fourth-order valence-corrected chi connectivity index (χ4v) is 3.04. The van der Waals surface area contributed by atoms with Crippen molar-refractivity contribution in [1.29, 1.82) is 0 Å². The second kappa shape index (κ2) is 6.97. The van der Waals surface area contributed by atoms with E-state index in [1.807, 2.05) is 12.1 Å². The molecule has 1 atom stereocenters. The molecule has 0 saturated carbocycles. The van der Waals surface area contributed by atoms with Crippen molar-refractivity contribution in [3.8, 4) is 0 Å². The molecule has 0 aromatic carbocycles. The fourth-order valence-electron chi connectivity index (χ4n) is 3.04. The largest absolute Gasteiger partial charge is 0.351 e. The van der Waals surface area contributed by atoms with Gasteiger partial charge >= 0.3 is 0 Å². The SMILES string of the molecule is CC(C)[C@@H]1CNCCN1c1cccc(C(=O)c2cccnc2[NH])n1. The molecule has 2 aromatic rings. The van der Waals surface area contributed by atoms with E-state index < -0.39 is 0 Å². The molecule has 1 aliphatic rings. The summed E-state index contributed by atoms with van der Waals surface area (Å²) in [4.78, 5) is 23.4. The Labute approximate surface area is 142 Å². The van der Waals surface area contributed by atoms with Gasteiger partial charge in [-0.05, 0) is 30.2 Å². The lowest BCUT2D eigenvalue weighted by Gasteiger charge is -2.39. The van der Waals surface area contributed by atoms with E-state index in [0.717, 1.165) is 25.5 Å². The van der Waals surface area contributed by atoms with Crippen molar-refractivity contribution in [1.82, 2.24) is 21.0 Å². The highest BCUT2D eigenvalue weighted by molar-refractivity contribution is 6.10. The minimum Gasteiger partial charge on any atom is -0.351 e. The third-order valence-corrected chi connectivity index (χ3v) is 4.37. The van der Waals surface area contributed by atoms with Crippen LogP contribution < -0.4 is 16.0 Å². The van der Waals surface area contributed by atoms with Crippen molar-refractivity contribution in [2.75, 3.05) is 24.5 Å². The summed E-state index contributed by atoms with van der Waals surface area (Å²) in [7, 11) is 0. The molecule has 1 fully saturated rings. The first-order valence-electron chi connectivity index (χ1n) is 8.23. The maximum Gasteiger partial charge on any atom is 0.215 e. The highest BCUT2D eigenvalue weighted by atomic mass is 16.1. The van der Waals surface area contributed by atoms with Gasteiger partial charge in [0.2, 0.25) is 5.78 Å². The van der Waals surface area contributed by atoms with Crippen molar-refractivity contribution in [3.05, 3.63) is 47.8 Å². The van der Waals surface area contributed by atoms with E-state index in [1.165, 1.54) is 6.20 Å². The number of aromatic nitrogens is 2. The van der Waals surface area contributed by atoms with Gasteiger partial charge in [0.05, 0.1) is 5.56 Å². The Balaban J connectivity index is 1.91. The molecule has 1 radical (unpaired) electrons. The van der Waals surface area contributed by atoms with E-state index in [-0.39, 0.29) is 17.2 Å². The van der Waals surface area contributed by atoms with Gasteiger partial charge in [0.1, 0.15) is 11.5 Å². The van der Waals surface area contributed by atoms with Crippen LogP contribution in [0.25, 0.3) is 0 Å². The number of nitrogens with zero attached hydrogens (tertiary/aromatic N) is 3. The lowest BCUT2D eigenvalue weighted by molar-refractivity contribution is 0.103. The second-order valence-electron chi connectivity index (χ2n) is 6.32. The molecule has 24 heavy (non-hydrogen) atoms. The number of piperazine rings is 1. The normalized spacial score (nSPS) is 18.0. The van der Waals surface area contributed by atoms with Gasteiger partial charge in [0, 0.05) is 31.9 Å². The molecule has 3 heterocycles. The lowest BCUT2D eigenvalue weighted by Crippen LogP contribution is -2.54. The molecule has 0 aliphatic carbocycles. The quantitative estimate of drug-likeness (QED) is 0.871. The van der Waals surface area contributed by atoms with Gasteiger partial charge in [-0.1, -0.05) is 19.9 Å². The Morgan fingerprint density at radius 2 is 2.17 bits per heavy atom. The molecule has 1 saturated heterocycles. The zero-order valence-electron chi connectivity index (χ0n) is 14.0. The lowest BCUT2D eigenvalue weighted by atomic mass is 10.0. The van der Waals surface area contributed by atoms with Crippen LogP contribution in [0, 0.1) is 5.92 Å². The average molecular weight is 324 g/mol. The Bertz CT molecular complexity index is 731. The number of hydrogen-bond acceptors (Lipinski definition) is 5. The summed E-state index contributed by atoms with van der Waals surface area (Å²) in [6.07, 6.45) is 1.51. The Kier molecular flexibility index (Phi) is 4.76. The standard InChI is InChI=1S/C18H22N5O/c1-12(2)15-11-20-9-10-23(15)16-7-3-6-14(22-16)17(24)13-5-4-8-21-18(13)19/h3-8,12,15,19-20H,9-11H2,1-2H3/t15-/m0/s1. The second-order valence-corrected chi connectivity index (χ2v) is 6.32. The zero-order chi connectivity index (χ0) is 17.1. The van der Waals surface area contributed by atoms with Crippen LogP contribution in [0.4, 0.5) is 11.6 Å². The minimum absolute atomic E-state index is 0.0167. The van der Waals surface area contributed by atoms with Crippen molar-refractivity contribution >= 4 is 17.4 Å². The van der Waals surface area contributed by atoms with Crippen LogP contribution >= 0.6 is 0 Å². The molecule has 125 valence electrons. The number of ketones is 1. The van der Waals surface area contributed by atoms with Crippen LogP contribution in [0.1, 0.15) is 29.9 Å². The molecule has 6 nitrogen and oxygen atoms in total. The van der Waals surface area contributed by atoms with Gasteiger partial charge in [-0.25, -0.2) is 9.97 Å². The van der Waals surface area contributed by atoms with E-state index >= 15 is 0 Å². The topological polar surface area (TPSA) is 81.9 Å². The van der Waals surface area contributed by atoms with Gasteiger partial charge in [0.15, 0.2) is 5.82 Å². The van der Waals surface area contributed by atoms with E-state index in [0.29, 0.717) is 17.7 Å².